The van der Waals surface area contributed by atoms with E-state index >= 15 is 0 Å². The number of aromatic nitrogens is 3. The van der Waals surface area contributed by atoms with Crippen molar-refractivity contribution in [2.75, 3.05) is 41.8 Å². The lowest BCUT2D eigenvalue weighted by molar-refractivity contribution is -0.137. The van der Waals surface area contributed by atoms with Crippen LogP contribution in [0.2, 0.25) is 0 Å². The number of benzene rings is 3. The zero-order valence-electron chi connectivity index (χ0n) is 21.9. The van der Waals surface area contributed by atoms with Crippen LogP contribution in [0.4, 0.5) is 36.7 Å². The number of piperazine rings is 1. The van der Waals surface area contributed by atoms with Crippen molar-refractivity contribution in [2.45, 2.75) is 19.6 Å². The lowest BCUT2D eigenvalue weighted by Crippen LogP contribution is -2.46. The zero-order chi connectivity index (χ0) is 28.0. The number of rotatable bonds is 8. The molecule has 1 aliphatic rings. The van der Waals surface area contributed by atoms with Crippen LogP contribution in [0.3, 0.4) is 0 Å². The molecule has 0 aliphatic carbocycles. The number of hydrogen-bond acceptors (Lipinski definition) is 8. The molecule has 1 saturated heterocycles. The van der Waals surface area contributed by atoms with Crippen LogP contribution in [0.1, 0.15) is 22.3 Å². The maximum absolute atomic E-state index is 13.4. The van der Waals surface area contributed by atoms with Gasteiger partial charge >= 0.3 is 6.18 Å². The second kappa shape index (κ2) is 12.1. The van der Waals surface area contributed by atoms with E-state index in [9.17, 15) is 13.2 Å². The Morgan fingerprint density at radius 2 is 1.50 bits per heavy atom. The molecule has 1 aliphatic heterocycles. The summed E-state index contributed by atoms with van der Waals surface area (Å²) in [5.41, 5.74) is 5.03. The highest BCUT2D eigenvalue weighted by atomic mass is 19.4. The lowest BCUT2D eigenvalue weighted by atomic mass is 10.1. The van der Waals surface area contributed by atoms with E-state index in [1.807, 2.05) is 49.4 Å². The molecule has 5 rings (SSSR count). The fourth-order valence-electron chi connectivity index (χ4n) is 4.35. The molecule has 3 aromatic carbocycles. The quantitative estimate of drug-likeness (QED) is 0.216. The van der Waals surface area contributed by atoms with E-state index < -0.39 is 11.7 Å². The molecule has 1 fully saturated rings. The van der Waals surface area contributed by atoms with Gasteiger partial charge in [-0.3, -0.25) is 4.90 Å². The third-order valence-corrected chi connectivity index (χ3v) is 6.47. The van der Waals surface area contributed by atoms with Gasteiger partial charge in [-0.25, -0.2) is 5.43 Å². The predicted octanol–water partition coefficient (Wildman–Crippen LogP) is 5.71. The molecule has 2 heterocycles. The number of nitrogens with zero attached hydrogens (tertiary/aromatic N) is 6. The van der Waals surface area contributed by atoms with Crippen molar-refractivity contribution in [3.63, 3.8) is 0 Å². The molecule has 206 valence electrons. The maximum Gasteiger partial charge on any atom is 0.417 e. The van der Waals surface area contributed by atoms with Crippen molar-refractivity contribution in [1.29, 1.82) is 0 Å². The van der Waals surface area contributed by atoms with Crippen molar-refractivity contribution in [2.24, 2.45) is 5.10 Å². The minimum Gasteiger partial charge on any atom is -0.338 e. The smallest absolute Gasteiger partial charge is 0.338 e. The molecule has 0 bridgehead atoms. The minimum atomic E-state index is -4.49. The van der Waals surface area contributed by atoms with Crippen molar-refractivity contribution in [1.82, 2.24) is 19.9 Å². The van der Waals surface area contributed by atoms with Gasteiger partial charge in [0.2, 0.25) is 17.8 Å². The largest absolute Gasteiger partial charge is 0.417 e. The van der Waals surface area contributed by atoms with Gasteiger partial charge in [-0.15, -0.1) is 0 Å². The molecule has 8 nitrogen and oxygen atoms in total. The molecule has 0 spiro atoms. The molecule has 0 amide bonds. The van der Waals surface area contributed by atoms with Gasteiger partial charge in [-0.1, -0.05) is 66.2 Å². The van der Waals surface area contributed by atoms with Gasteiger partial charge in [0.1, 0.15) is 0 Å². The minimum absolute atomic E-state index is 0.0654. The van der Waals surface area contributed by atoms with E-state index in [-0.39, 0.29) is 11.5 Å². The van der Waals surface area contributed by atoms with Crippen LogP contribution >= 0.6 is 0 Å². The molecule has 11 heteroatoms. The highest BCUT2D eigenvalue weighted by Crippen LogP contribution is 2.31. The summed E-state index contributed by atoms with van der Waals surface area (Å²) >= 11 is 0. The Bertz CT molecular complexity index is 1430. The van der Waals surface area contributed by atoms with Crippen molar-refractivity contribution >= 4 is 29.7 Å². The Morgan fingerprint density at radius 1 is 0.825 bits per heavy atom. The molecule has 0 unspecified atom stereocenters. The average Bonchev–Trinajstić information content (AvgIpc) is 2.95. The SMILES string of the molecule is Cc1ccc(Nc2nc(N/N=C/c3ccccc3C(F)(F)F)nc(N3CCN(Cc4ccccc4)CC3)n2)cc1. The highest BCUT2D eigenvalue weighted by Gasteiger charge is 2.32. The summed E-state index contributed by atoms with van der Waals surface area (Å²) in [6.07, 6.45) is -3.38. The number of anilines is 4. The van der Waals surface area contributed by atoms with Crippen LogP contribution in [-0.4, -0.2) is 52.2 Å². The van der Waals surface area contributed by atoms with Gasteiger partial charge in [-0.2, -0.15) is 33.2 Å². The fourth-order valence-corrected chi connectivity index (χ4v) is 4.35. The second-order valence-electron chi connectivity index (χ2n) is 9.48. The number of hydrazone groups is 1. The summed E-state index contributed by atoms with van der Waals surface area (Å²) in [5, 5.41) is 7.20. The summed E-state index contributed by atoms with van der Waals surface area (Å²) in [7, 11) is 0. The standard InChI is InChI=1S/C29H29F3N8/c1-21-11-13-24(14-12-21)34-26-35-27(38-33-19-23-9-5-6-10-25(23)29(30,31)32)37-28(36-26)40-17-15-39(16-18-40)20-22-7-3-2-4-8-22/h2-14,19H,15-18,20H2,1H3,(H2,34,35,36,37,38)/b33-19+. The predicted molar refractivity (Wildman–Crippen MR) is 151 cm³/mol. The highest BCUT2D eigenvalue weighted by molar-refractivity contribution is 5.82. The summed E-state index contributed by atoms with van der Waals surface area (Å²) in [6.45, 7) is 5.95. The van der Waals surface area contributed by atoms with Gasteiger partial charge in [-0.05, 0) is 30.7 Å². The number of aryl methyl sites for hydroxylation is 1. The molecule has 1 aromatic heterocycles. The number of nitrogens with one attached hydrogen (secondary N) is 2. The Balaban J connectivity index is 1.34. The fraction of sp³-hybridized carbons (Fsp3) is 0.241. The van der Waals surface area contributed by atoms with Gasteiger partial charge in [0, 0.05) is 44.0 Å². The Kier molecular flexibility index (Phi) is 8.20. The molecule has 0 saturated carbocycles. The Hall–Kier alpha value is -4.51. The van der Waals surface area contributed by atoms with E-state index in [1.165, 1.54) is 23.8 Å². The van der Waals surface area contributed by atoms with Crippen LogP contribution < -0.4 is 15.6 Å². The van der Waals surface area contributed by atoms with Crippen LogP contribution in [0.5, 0.6) is 0 Å². The second-order valence-corrected chi connectivity index (χ2v) is 9.48. The summed E-state index contributed by atoms with van der Waals surface area (Å²) in [6, 6.07) is 23.3. The average molecular weight is 547 g/mol. The monoisotopic (exact) mass is 546 g/mol. The number of halogens is 3. The first-order valence-electron chi connectivity index (χ1n) is 12.9. The van der Waals surface area contributed by atoms with Gasteiger partial charge in [0.05, 0.1) is 11.8 Å². The molecule has 2 N–H and O–H groups in total. The molecule has 40 heavy (non-hydrogen) atoms. The van der Waals surface area contributed by atoms with Crippen molar-refractivity contribution in [3.8, 4) is 0 Å². The van der Waals surface area contributed by atoms with Crippen LogP contribution in [0.25, 0.3) is 0 Å². The van der Waals surface area contributed by atoms with Crippen molar-refractivity contribution < 1.29 is 13.2 Å². The summed E-state index contributed by atoms with van der Waals surface area (Å²) in [5.74, 6) is 0.874. The molecule has 0 radical (unpaired) electrons. The molecular formula is C29H29F3N8. The topological polar surface area (TPSA) is 81.6 Å². The van der Waals surface area contributed by atoms with Gasteiger partial charge in [0.25, 0.3) is 0 Å². The van der Waals surface area contributed by atoms with E-state index in [2.05, 4.69) is 52.7 Å². The first-order valence-corrected chi connectivity index (χ1v) is 12.9. The third-order valence-electron chi connectivity index (χ3n) is 6.47. The van der Waals surface area contributed by atoms with Crippen LogP contribution in [-0.2, 0) is 12.7 Å². The van der Waals surface area contributed by atoms with Gasteiger partial charge < -0.3 is 10.2 Å². The van der Waals surface area contributed by atoms with Gasteiger partial charge in [0.15, 0.2) is 0 Å². The maximum atomic E-state index is 13.4. The third kappa shape index (κ3) is 7.11. The Labute approximate surface area is 230 Å². The molecular weight excluding hydrogens is 517 g/mol. The summed E-state index contributed by atoms with van der Waals surface area (Å²) < 4.78 is 40.1. The Morgan fingerprint density at radius 3 is 2.23 bits per heavy atom. The first-order chi connectivity index (χ1) is 19.3. The van der Waals surface area contributed by atoms with Crippen LogP contribution in [0, 0.1) is 6.92 Å². The van der Waals surface area contributed by atoms with Crippen molar-refractivity contribution in [3.05, 3.63) is 101 Å². The van der Waals surface area contributed by atoms with E-state index in [4.69, 9.17) is 0 Å². The van der Waals surface area contributed by atoms with E-state index in [1.54, 1.807) is 0 Å². The van der Waals surface area contributed by atoms with E-state index in [0.717, 1.165) is 43.2 Å². The zero-order valence-corrected chi connectivity index (χ0v) is 21.9. The number of hydrogen-bond donors (Lipinski definition) is 2. The van der Waals surface area contributed by atoms with Crippen LogP contribution in [0.15, 0.2) is 84.0 Å². The molecule has 0 atom stereocenters. The molecule has 4 aromatic rings. The normalized spacial score (nSPS) is 14.4. The number of alkyl halides is 3. The summed E-state index contributed by atoms with van der Waals surface area (Å²) in [4.78, 5) is 18.0. The van der Waals surface area contributed by atoms with E-state index in [0.29, 0.717) is 25.0 Å². The lowest BCUT2D eigenvalue weighted by Gasteiger charge is -2.34. The first kappa shape index (κ1) is 27.1.